The molecule has 0 atom stereocenters. The minimum Gasteiger partial charge on any atom is -0.350 e. The summed E-state index contributed by atoms with van der Waals surface area (Å²) >= 11 is 0. The lowest BCUT2D eigenvalue weighted by Crippen LogP contribution is -2.28. The molecule has 1 aromatic carbocycles. The molecule has 7 nitrogen and oxygen atoms in total. The summed E-state index contributed by atoms with van der Waals surface area (Å²) in [5.41, 5.74) is -1.17. The van der Waals surface area contributed by atoms with Crippen LogP contribution >= 0.6 is 0 Å². The van der Waals surface area contributed by atoms with Crippen molar-refractivity contribution < 1.29 is 22.8 Å². The van der Waals surface area contributed by atoms with Gasteiger partial charge in [0.1, 0.15) is 0 Å². The van der Waals surface area contributed by atoms with E-state index in [1.807, 2.05) is 0 Å². The van der Waals surface area contributed by atoms with Gasteiger partial charge in [-0.05, 0) is 36.4 Å². The summed E-state index contributed by atoms with van der Waals surface area (Å²) in [6, 6.07) is 7.27. The number of nitrogens with zero attached hydrogens (tertiary/aromatic N) is 3. The number of aromatic nitrogens is 3. The molecule has 3 aromatic rings. The highest BCUT2D eigenvalue weighted by atomic mass is 19.4. The average molecular weight is 403 g/mol. The second kappa shape index (κ2) is 8.55. The Labute approximate surface area is 163 Å². The lowest BCUT2D eigenvalue weighted by atomic mass is 10.1. The molecule has 0 aliphatic carbocycles. The van der Waals surface area contributed by atoms with Crippen molar-refractivity contribution in [3.05, 3.63) is 77.9 Å². The van der Waals surface area contributed by atoms with Crippen LogP contribution < -0.4 is 10.6 Å². The molecule has 10 heteroatoms. The minimum atomic E-state index is -4.68. The molecule has 0 aliphatic heterocycles. The van der Waals surface area contributed by atoms with Gasteiger partial charge in [-0.25, -0.2) is 0 Å². The largest absolute Gasteiger partial charge is 0.416 e. The Balaban J connectivity index is 1.78. The SMILES string of the molecule is O=C(NCCn1cccn1)c1cc(NC(=O)c2ccncc2)cc(C(F)(F)F)c1. The molecule has 0 saturated heterocycles. The first kappa shape index (κ1) is 20.1. The van der Waals surface area contributed by atoms with Crippen LogP contribution in [0.2, 0.25) is 0 Å². The van der Waals surface area contributed by atoms with Gasteiger partial charge in [-0.3, -0.25) is 19.3 Å². The van der Waals surface area contributed by atoms with Gasteiger partial charge in [0.25, 0.3) is 11.8 Å². The van der Waals surface area contributed by atoms with E-state index in [0.717, 1.165) is 12.1 Å². The fraction of sp³-hybridized carbons (Fsp3) is 0.158. The van der Waals surface area contributed by atoms with Crippen molar-refractivity contribution in [2.45, 2.75) is 12.7 Å². The lowest BCUT2D eigenvalue weighted by molar-refractivity contribution is -0.137. The van der Waals surface area contributed by atoms with Crippen LogP contribution in [0.3, 0.4) is 0 Å². The number of carbonyl (C=O) groups excluding carboxylic acids is 2. The number of benzene rings is 1. The van der Waals surface area contributed by atoms with Crippen LogP contribution in [0.4, 0.5) is 18.9 Å². The number of hydrogen-bond acceptors (Lipinski definition) is 4. The molecule has 2 heterocycles. The smallest absolute Gasteiger partial charge is 0.350 e. The summed E-state index contributed by atoms with van der Waals surface area (Å²) in [7, 11) is 0. The van der Waals surface area contributed by atoms with Crippen molar-refractivity contribution in [3.8, 4) is 0 Å². The number of hydrogen-bond donors (Lipinski definition) is 2. The van der Waals surface area contributed by atoms with Crippen LogP contribution in [0.15, 0.2) is 61.2 Å². The molecule has 0 unspecified atom stereocenters. The molecule has 2 aromatic heterocycles. The minimum absolute atomic E-state index is 0.140. The fourth-order valence-corrected chi connectivity index (χ4v) is 2.52. The molecule has 2 amide bonds. The highest BCUT2D eigenvalue weighted by Crippen LogP contribution is 2.32. The van der Waals surface area contributed by atoms with E-state index in [4.69, 9.17) is 0 Å². The first-order valence-electron chi connectivity index (χ1n) is 8.52. The van der Waals surface area contributed by atoms with Gasteiger partial charge in [-0.2, -0.15) is 18.3 Å². The zero-order valence-electron chi connectivity index (χ0n) is 15.0. The Hall–Kier alpha value is -3.69. The Bertz CT molecular complexity index is 989. The third-order valence-corrected chi connectivity index (χ3v) is 3.91. The van der Waals surface area contributed by atoms with Crippen LogP contribution in [-0.2, 0) is 12.7 Å². The van der Waals surface area contributed by atoms with Gasteiger partial charge in [0.15, 0.2) is 0 Å². The average Bonchev–Trinajstić information content (AvgIpc) is 3.21. The number of rotatable bonds is 6. The van der Waals surface area contributed by atoms with E-state index in [9.17, 15) is 22.8 Å². The number of halogens is 3. The number of amides is 2. The van der Waals surface area contributed by atoms with Crippen molar-refractivity contribution in [2.75, 3.05) is 11.9 Å². The molecular weight excluding hydrogens is 387 g/mol. The fourth-order valence-electron chi connectivity index (χ4n) is 2.52. The summed E-state index contributed by atoms with van der Waals surface area (Å²) < 4.78 is 41.3. The topological polar surface area (TPSA) is 88.9 Å². The second-order valence-corrected chi connectivity index (χ2v) is 6.01. The Kier molecular flexibility index (Phi) is 5.91. The Morgan fingerprint density at radius 3 is 2.41 bits per heavy atom. The molecule has 29 heavy (non-hydrogen) atoms. The molecule has 0 bridgehead atoms. The number of pyridine rings is 1. The summed E-state index contributed by atoms with van der Waals surface area (Å²) in [6.07, 6.45) is 1.37. The molecule has 0 radical (unpaired) electrons. The van der Waals surface area contributed by atoms with Crippen LogP contribution in [0.1, 0.15) is 26.3 Å². The summed E-state index contributed by atoms with van der Waals surface area (Å²) in [4.78, 5) is 28.3. The van der Waals surface area contributed by atoms with Crippen LogP contribution in [0.5, 0.6) is 0 Å². The number of alkyl halides is 3. The predicted octanol–water partition coefficient (Wildman–Crippen LogP) is 2.98. The van der Waals surface area contributed by atoms with E-state index in [1.165, 1.54) is 30.6 Å². The normalized spacial score (nSPS) is 11.1. The molecule has 0 fully saturated rings. The number of carbonyl (C=O) groups is 2. The molecule has 3 rings (SSSR count). The molecule has 0 aliphatic rings. The van der Waals surface area contributed by atoms with E-state index < -0.39 is 23.6 Å². The van der Waals surface area contributed by atoms with E-state index in [0.29, 0.717) is 6.54 Å². The molecule has 150 valence electrons. The summed E-state index contributed by atoms with van der Waals surface area (Å²) in [5.74, 6) is -1.31. The van der Waals surface area contributed by atoms with Gasteiger partial charge in [0.05, 0.1) is 12.1 Å². The molecule has 2 N–H and O–H groups in total. The molecule has 0 saturated carbocycles. The molecular formula is C19H16F3N5O2. The van der Waals surface area contributed by atoms with Gasteiger partial charge in [-0.15, -0.1) is 0 Å². The third-order valence-electron chi connectivity index (χ3n) is 3.91. The van der Waals surface area contributed by atoms with Gasteiger partial charge >= 0.3 is 6.18 Å². The van der Waals surface area contributed by atoms with Gasteiger partial charge in [0, 0.05) is 48.1 Å². The van der Waals surface area contributed by atoms with E-state index >= 15 is 0 Å². The van der Waals surface area contributed by atoms with E-state index in [1.54, 1.807) is 23.1 Å². The maximum Gasteiger partial charge on any atom is 0.416 e. The highest BCUT2D eigenvalue weighted by molar-refractivity contribution is 6.05. The standard InChI is InChI=1S/C19H16F3N5O2/c20-19(21,22)15-10-14(17(28)24-7-9-27-8-1-4-25-27)11-16(12-15)26-18(29)13-2-5-23-6-3-13/h1-6,8,10-12H,7,9H2,(H,24,28)(H,26,29). The van der Waals surface area contributed by atoms with Crippen molar-refractivity contribution in [1.29, 1.82) is 0 Å². The molecule has 0 spiro atoms. The summed E-state index contributed by atoms with van der Waals surface area (Å²) in [6.45, 7) is 0.540. The quantitative estimate of drug-likeness (QED) is 0.662. The highest BCUT2D eigenvalue weighted by Gasteiger charge is 2.32. The maximum absolute atomic E-state index is 13.2. The number of nitrogens with one attached hydrogen (secondary N) is 2. The van der Waals surface area contributed by atoms with Crippen LogP contribution in [0, 0.1) is 0 Å². The van der Waals surface area contributed by atoms with Crippen molar-refractivity contribution in [1.82, 2.24) is 20.1 Å². The zero-order valence-corrected chi connectivity index (χ0v) is 15.0. The van der Waals surface area contributed by atoms with E-state index in [2.05, 4.69) is 20.7 Å². The van der Waals surface area contributed by atoms with Crippen LogP contribution in [0.25, 0.3) is 0 Å². The van der Waals surface area contributed by atoms with Crippen molar-refractivity contribution in [3.63, 3.8) is 0 Å². The van der Waals surface area contributed by atoms with Gasteiger partial charge in [0.2, 0.25) is 0 Å². The second-order valence-electron chi connectivity index (χ2n) is 6.01. The Morgan fingerprint density at radius 2 is 1.76 bits per heavy atom. The van der Waals surface area contributed by atoms with E-state index in [-0.39, 0.29) is 23.4 Å². The summed E-state index contributed by atoms with van der Waals surface area (Å²) in [5, 5.41) is 8.90. The Morgan fingerprint density at radius 1 is 1.00 bits per heavy atom. The van der Waals surface area contributed by atoms with Crippen molar-refractivity contribution in [2.24, 2.45) is 0 Å². The third kappa shape index (κ3) is 5.41. The number of anilines is 1. The predicted molar refractivity (Wildman–Crippen MR) is 98.2 cm³/mol. The first-order valence-corrected chi connectivity index (χ1v) is 8.52. The van der Waals surface area contributed by atoms with Gasteiger partial charge < -0.3 is 10.6 Å². The maximum atomic E-state index is 13.2. The van der Waals surface area contributed by atoms with Crippen molar-refractivity contribution >= 4 is 17.5 Å². The van der Waals surface area contributed by atoms with Gasteiger partial charge in [-0.1, -0.05) is 0 Å². The first-order chi connectivity index (χ1) is 13.8. The van der Waals surface area contributed by atoms with Crippen LogP contribution in [-0.4, -0.2) is 33.1 Å². The monoisotopic (exact) mass is 403 g/mol. The zero-order chi connectivity index (χ0) is 20.9. The lowest BCUT2D eigenvalue weighted by Gasteiger charge is -2.13.